The molecule has 0 aromatic heterocycles. The average Bonchev–Trinajstić information content (AvgIpc) is 2.96. The summed E-state index contributed by atoms with van der Waals surface area (Å²) in [5, 5.41) is 2.79. The quantitative estimate of drug-likeness (QED) is 0.745. The van der Waals surface area contributed by atoms with Gasteiger partial charge in [0.1, 0.15) is 6.04 Å². The first kappa shape index (κ1) is 19.7. The zero-order valence-electron chi connectivity index (χ0n) is 15.7. The van der Waals surface area contributed by atoms with Crippen molar-refractivity contribution in [1.29, 1.82) is 0 Å². The van der Waals surface area contributed by atoms with Gasteiger partial charge in [-0.05, 0) is 32.1 Å². The largest absolute Gasteiger partial charge is 0.355 e. The molecule has 0 unspecified atom stereocenters. The molecular formula is C18H32N4O3. The smallest absolute Gasteiger partial charge is 0.242 e. The molecule has 0 saturated carbocycles. The maximum absolute atomic E-state index is 12.9. The second-order valence-corrected chi connectivity index (χ2v) is 7.65. The minimum atomic E-state index is -0.456. The van der Waals surface area contributed by atoms with Crippen LogP contribution >= 0.6 is 0 Å². The van der Waals surface area contributed by atoms with Crippen molar-refractivity contribution in [2.24, 2.45) is 17.6 Å². The molecule has 3 amide bonds. The SMILES string of the molecule is CCNC(=O)[C@@H]1C[C@@H](N)CN1C(=O)C1CCN(C(=O)CC(C)C)CC1. The predicted octanol–water partition coefficient (Wildman–Crippen LogP) is 0.335. The zero-order valence-corrected chi connectivity index (χ0v) is 15.7. The normalized spacial score (nSPS) is 24.7. The van der Waals surface area contributed by atoms with Crippen LogP contribution in [0, 0.1) is 11.8 Å². The van der Waals surface area contributed by atoms with Gasteiger partial charge in [0.15, 0.2) is 0 Å². The Morgan fingerprint density at radius 3 is 2.40 bits per heavy atom. The molecule has 2 aliphatic heterocycles. The molecule has 0 bridgehead atoms. The van der Waals surface area contributed by atoms with Gasteiger partial charge in [0.05, 0.1) is 0 Å². The van der Waals surface area contributed by atoms with Crippen LogP contribution in [0.1, 0.15) is 46.5 Å². The van der Waals surface area contributed by atoms with E-state index in [4.69, 9.17) is 5.73 Å². The van der Waals surface area contributed by atoms with Gasteiger partial charge in [0, 0.05) is 44.6 Å². The Morgan fingerprint density at radius 1 is 1.20 bits per heavy atom. The molecule has 2 atom stereocenters. The Labute approximate surface area is 150 Å². The van der Waals surface area contributed by atoms with Crippen LogP contribution in [0.4, 0.5) is 0 Å². The summed E-state index contributed by atoms with van der Waals surface area (Å²) in [6, 6.07) is -0.604. The maximum atomic E-state index is 12.9. The fourth-order valence-electron chi connectivity index (χ4n) is 3.74. The molecule has 142 valence electrons. The van der Waals surface area contributed by atoms with Crippen molar-refractivity contribution in [3.05, 3.63) is 0 Å². The van der Waals surface area contributed by atoms with Gasteiger partial charge in [-0.25, -0.2) is 0 Å². The molecule has 0 aromatic carbocycles. The van der Waals surface area contributed by atoms with E-state index in [1.165, 1.54) is 0 Å². The molecule has 2 fully saturated rings. The maximum Gasteiger partial charge on any atom is 0.242 e. The predicted molar refractivity (Wildman–Crippen MR) is 95.5 cm³/mol. The molecule has 0 aromatic rings. The second kappa shape index (κ2) is 8.65. The number of rotatable bonds is 5. The Morgan fingerprint density at radius 2 is 1.84 bits per heavy atom. The summed E-state index contributed by atoms with van der Waals surface area (Å²) in [6.07, 6.45) is 2.40. The number of likely N-dealkylation sites (tertiary alicyclic amines) is 2. The highest BCUT2D eigenvalue weighted by molar-refractivity contribution is 5.89. The Hall–Kier alpha value is -1.63. The van der Waals surface area contributed by atoms with Crippen molar-refractivity contribution in [1.82, 2.24) is 15.1 Å². The summed E-state index contributed by atoms with van der Waals surface area (Å²) in [5.74, 6) is 0.291. The van der Waals surface area contributed by atoms with E-state index in [9.17, 15) is 14.4 Å². The molecule has 2 rings (SSSR count). The van der Waals surface area contributed by atoms with E-state index in [1.54, 1.807) is 4.90 Å². The molecule has 25 heavy (non-hydrogen) atoms. The first-order valence-electron chi connectivity index (χ1n) is 9.45. The summed E-state index contributed by atoms with van der Waals surface area (Å²) in [4.78, 5) is 40.8. The van der Waals surface area contributed by atoms with Crippen LogP contribution in [0.5, 0.6) is 0 Å². The fourth-order valence-corrected chi connectivity index (χ4v) is 3.74. The molecule has 7 heteroatoms. The molecule has 2 heterocycles. The second-order valence-electron chi connectivity index (χ2n) is 7.65. The number of hydrogen-bond acceptors (Lipinski definition) is 4. The molecule has 2 saturated heterocycles. The number of nitrogens with two attached hydrogens (primary N) is 1. The minimum absolute atomic E-state index is 0.0140. The molecule has 3 N–H and O–H groups in total. The molecule has 0 radical (unpaired) electrons. The lowest BCUT2D eigenvalue weighted by atomic mass is 9.94. The monoisotopic (exact) mass is 352 g/mol. The number of likely N-dealkylation sites (N-methyl/N-ethyl adjacent to an activating group) is 1. The van der Waals surface area contributed by atoms with E-state index >= 15 is 0 Å². The van der Waals surface area contributed by atoms with Crippen molar-refractivity contribution in [3.63, 3.8) is 0 Å². The average molecular weight is 352 g/mol. The number of nitrogens with zero attached hydrogens (tertiary/aromatic N) is 2. The first-order chi connectivity index (χ1) is 11.8. The summed E-state index contributed by atoms with van der Waals surface area (Å²) >= 11 is 0. The number of piperidine rings is 1. The van der Waals surface area contributed by atoms with Crippen molar-refractivity contribution >= 4 is 17.7 Å². The van der Waals surface area contributed by atoms with E-state index in [2.05, 4.69) is 5.32 Å². The number of amides is 3. The van der Waals surface area contributed by atoms with Gasteiger partial charge >= 0.3 is 0 Å². The van der Waals surface area contributed by atoms with Crippen LogP contribution in [0.2, 0.25) is 0 Å². The first-order valence-corrected chi connectivity index (χ1v) is 9.45. The van der Waals surface area contributed by atoms with E-state index in [0.29, 0.717) is 57.8 Å². The Kier molecular flexibility index (Phi) is 6.81. The van der Waals surface area contributed by atoms with Crippen LogP contribution in [-0.4, -0.2) is 65.8 Å². The highest BCUT2D eigenvalue weighted by Gasteiger charge is 2.41. The lowest BCUT2D eigenvalue weighted by Crippen LogP contribution is -2.50. The van der Waals surface area contributed by atoms with Crippen molar-refractivity contribution in [2.75, 3.05) is 26.2 Å². The topological polar surface area (TPSA) is 95.7 Å². The van der Waals surface area contributed by atoms with Crippen molar-refractivity contribution in [3.8, 4) is 0 Å². The molecule has 7 nitrogen and oxygen atoms in total. The van der Waals surface area contributed by atoms with Crippen LogP contribution < -0.4 is 11.1 Å². The van der Waals surface area contributed by atoms with Crippen LogP contribution in [-0.2, 0) is 14.4 Å². The van der Waals surface area contributed by atoms with E-state index in [-0.39, 0.29) is 29.7 Å². The van der Waals surface area contributed by atoms with Gasteiger partial charge in [-0.2, -0.15) is 0 Å². The van der Waals surface area contributed by atoms with Gasteiger partial charge in [0.2, 0.25) is 17.7 Å². The summed E-state index contributed by atoms with van der Waals surface area (Å²) < 4.78 is 0. The lowest BCUT2D eigenvalue weighted by molar-refractivity contribution is -0.144. The zero-order chi connectivity index (χ0) is 18.6. The van der Waals surface area contributed by atoms with Gasteiger partial charge in [0.25, 0.3) is 0 Å². The van der Waals surface area contributed by atoms with Crippen LogP contribution in [0.15, 0.2) is 0 Å². The van der Waals surface area contributed by atoms with Gasteiger partial charge in [-0.15, -0.1) is 0 Å². The van der Waals surface area contributed by atoms with Crippen molar-refractivity contribution < 1.29 is 14.4 Å². The number of nitrogens with one attached hydrogen (secondary N) is 1. The third-order valence-electron chi connectivity index (χ3n) is 5.05. The van der Waals surface area contributed by atoms with Crippen LogP contribution in [0.25, 0.3) is 0 Å². The number of carbonyl (C=O) groups is 3. The number of carbonyl (C=O) groups excluding carboxylic acids is 3. The van der Waals surface area contributed by atoms with Gasteiger partial charge < -0.3 is 20.9 Å². The molecule has 0 spiro atoms. The van der Waals surface area contributed by atoms with E-state index < -0.39 is 6.04 Å². The minimum Gasteiger partial charge on any atom is -0.355 e. The highest BCUT2D eigenvalue weighted by Crippen LogP contribution is 2.25. The van der Waals surface area contributed by atoms with Crippen molar-refractivity contribution in [2.45, 2.75) is 58.5 Å². The third kappa shape index (κ3) is 4.93. The molecular weight excluding hydrogens is 320 g/mol. The van der Waals surface area contributed by atoms with Gasteiger partial charge in [-0.3, -0.25) is 14.4 Å². The summed E-state index contributed by atoms with van der Waals surface area (Å²) in [5.41, 5.74) is 6.00. The molecule has 2 aliphatic rings. The lowest BCUT2D eigenvalue weighted by Gasteiger charge is -2.35. The Balaban J connectivity index is 1.92. The van der Waals surface area contributed by atoms with E-state index in [0.717, 1.165) is 0 Å². The third-order valence-corrected chi connectivity index (χ3v) is 5.05. The van der Waals surface area contributed by atoms with Gasteiger partial charge in [-0.1, -0.05) is 13.8 Å². The van der Waals surface area contributed by atoms with E-state index in [1.807, 2.05) is 25.7 Å². The molecule has 0 aliphatic carbocycles. The standard InChI is InChI=1S/C18H32N4O3/c1-4-20-17(24)15-10-14(19)11-22(15)18(25)13-5-7-21(8-6-13)16(23)9-12(2)3/h12-15H,4-11,19H2,1-3H3,(H,20,24)/t14-,15+/m1/s1. The summed E-state index contributed by atoms with van der Waals surface area (Å²) in [6.45, 7) is 8.15. The fraction of sp³-hybridized carbons (Fsp3) is 0.833. The number of hydrogen-bond donors (Lipinski definition) is 2. The van der Waals surface area contributed by atoms with Crippen LogP contribution in [0.3, 0.4) is 0 Å². The summed E-state index contributed by atoms with van der Waals surface area (Å²) in [7, 11) is 0. The highest BCUT2D eigenvalue weighted by atomic mass is 16.2. The Bertz CT molecular complexity index is 501.